The van der Waals surface area contributed by atoms with Crippen LogP contribution in [0.4, 0.5) is 8.78 Å². The van der Waals surface area contributed by atoms with Gasteiger partial charge in [-0.3, -0.25) is 4.79 Å². The first-order chi connectivity index (χ1) is 15.1. The molecule has 1 N–H and O–H groups in total. The number of benzene rings is 2. The van der Waals surface area contributed by atoms with Gasteiger partial charge in [-0.15, -0.1) is 0 Å². The molecular weight excluding hydrogens is 464 g/mol. The van der Waals surface area contributed by atoms with Crippen molar-refractivity contribution in [3.8, 4) is 0 Å². The summed E-state index contributed by atoms with van der Waals surface area (Å²) in [4.78, 5) is 13.9. The molecule has 0 atom stereocenters. The molecule has 8 nitrogen and oxygen atoms in total. The van der Waals surface area contributed by atoms with Crippen molar-refractivity contribution < 1.29 is 30.4 Å². The minimum atomic E-state index is -3.89. The molecule has 1 amide bonds. The van der Waals surface area contributed by atoms with E-state index in [1.807, 2.05) is 0 Å². The number of sulfonamides is 2. The van der Waals surface area contributed by atoms with Crippen LogP contribution in [0, 0.1) is 11.6 Å². The molecule has 1 fully saturated rings. The number of nitrogens with zero attached hydrogens (tertiary/aromatic N) is 2. The van der Waals surface area contributed by atoms with Gasteiger partial charge in [-0.05, 0) is 48.9 Å². The third kappa shape index (κ3) is 5.14. The second-order valence-corrected chi connectivity index (χ2v) is 10.9. The Kier molecular flexibility index (Phi) is 7.28. The number of halogens is 2. The molecule has 0 aliphatic carbocycles. The second-order valence-electron chi connectivity index (χ2n) is 7.15. The zero-order valence-electron chi connectivity index (χ0n) is 17.3. The van der Waals surface area contributed by atoms with Crippen molar-refractivity contribution in [1.82, 2.24) is 13.9 Å². The van der Waals surface area contributed by atoms with Gasteiger partial charge in [0.15, 0.2) is 0 Å². The molecular formula is C20H23F2N3O5S2. The summed E-state index contributed by atoms with van der Waals surface area (Å²) in [6.45, 7) is 1.97. The summed E-state index contributed by atoms with van der Waals surface area (Å²) in [7, 11) is -7.77. The zero-order chi connectivity index (χ0) is 23.5. The molecule has 0 aromatic heterocycles. The summed E-state index contributed by atoms with van der Waals surface area (Å²) in [6, 6.07) is 7.42. The first-order valence-corrected chi connectivity index (χ1v) is 12.8. The van der Waals surface area contributed by atoms with E-state index in [9.17, 15) is 30.4 Å². The van der Waals surface area contributed by atoms with Crippen molar-refractivity contribution in [3.63, 3.8) is 0 Å². The lowest BCUT2D eigenvalue weighted by atomic mass is 10.2. The van der Waals surface area contributed by atoms with Gasteiger partial charge in [0.2, 0.25) is 20.0 Å². The van der Waals surface area contributed by atoms with Crippen molar-refractivity contribution in [3.05, 3.63) is 59.7 Å². The van der Waals surface area contributed by atoms with Crippen LogP contribution >= 0.6 is 0 Å². The van der Waals surface area contributed by atoms with Crippen molar-refractivity contribution in [1.29, 1.82) is 0 Å². The topological polar surface area (TPSA) is 104 Å². The Hall–Kier alpha value is -2.41. The minimum absolute atomic E-state index is 0.0110. The SMILES string of the molecule is CCNS(=O)(=O)c1ccc(F)c(C(=O)N2CCCN(S(=O)(=O)c3ccc(F)cc3)CC2)c1. The molecule has 2 aromatic rings. The molecule has 0 spiro atoms. The fourth-order valence-electron chi connectivity index (χ4n) is 3.37. The highest BCUT2D eigenvalue weighted by Crippen LogP contribution is 2.21. The van der Waals surface area contributed by atoms with Gasteiger partial charge in [-0.2, -0.15) is 4.31 Å². The van der Waals surface area contributed by atoms with Gasteiger partial charge < -0.3 is 4.90 Å². The lowest BCUT2D eigenvalue weighted by molar-refractivity contribution is 0.0759. The number of hydrogen-bond acceptors (Lipinski definition) is 5. The summed E-state index contributed by atoms with van der Waals surface area (Å²) in [6.07, 6.45) is 0.295. The molecule has 0 bridgehead atoms. The van der Waals surface area contributed by atoms with Crippen LogP contribution in [0.5, 0.6) is 0 Å². The summed E-state index contributed by atoms with van der Waals surface area (Å²) in [5.74, 6) is -2.15. The first-order valence-electron chi connectivity index (χ1n) is 9.90. The normalized spacial score (nSPS) is 16.0. The number of carbonyl (C=O) groups is 1. The molecule has 12 heteroatoms. The Morgan fingerprint density at radius 3 is 2.25 bits per heavy atom. The van der Waals surface area contributed by atoms with Crippen molar-refractivity contribution in [2.45, 2.75) is 23.1 Å². The maximum Gasteiger partial charge on any atom is 0.256 e. The Morgan fingerprint density at radius 2 is 1.59 bits per heavy atom. The first kappa shape index (κ1) is 24.2. The van der Waals surface area contributed by atoms with Crippen LogP contribution in [0.1, 0.15) is 23.7 Å². The van der Waals surface area contributed by atoms with Crippen LogP contribution < -0.4 is 4.72 Å². The number of rotatable bonds is 6. The van der Waals surface area contributed by atoms with E-state index in [1.165, 1.54) is 21.3 Å². The quantitative estimate of drug-likeness (QED) is 0.669. The maximum absolute atomic E-state index is 14.4. The van der Waals surface area contributed by atoms with Crippen LogP contribution in [0.2, 0.25) is 0 Å². The van der Waals surface area contributed by atoms with E-state index < -0.39 is 43.2 Å². The molecule has 0 radical (unpaired) electrons. The van der Waals surface area contributed by atoms with E-state index in [1.54, 1.807) is 6.92 Å². The largest absolute Gasteiger partial charge is 0.337 e. The molecule has 174 valence electrons. The molecule has 1 aliphatic heterocycles. The number of nitrogens with one attached hydrogen (secondary N) is 1. The van der Waals surface area contributed by atoms with E-state index in [-0.39, 0.29) is 42.5 Å². The standard InChI is InChI=1S/C20H23F2N3O5S2/c1-2-23-31(27,28)17-8-9-19(22)18(14-17)20(26)24-10-3-11-25(13-12-24)32(29,30)16-6-4-15(21)5-7-16/h4-9,14,23H,2-3,10-13H2,1H3. The Morgan fingerprint density at radius 1 is 0.938 bits per heavy atom. The number of carbonyl (C=O) groups excluding carboxylic acids is 1. The van der Waals surface area contributed by atoms with Crippen LogP contribution in [0.25, 0.3) is 0 Å². The van der Waals surface area contributed by atoms with Gasteiger partial charge in [0.25, 0.3) is 5.91 Å². The highest BCUT2D eigenvalue weighted by atomic mass is 32.2. The van der Waals surface area contributed by atoms with E-state index in [0.29, 0.717) is 6.42 Å². The van der Waals surface area contributed by atoms with Gasteiger partial charge in [-0.25, -0.2) is 30.3 Å². The number of amides is 1. The van der Waals surface area contributed by atoms with Crippen LogP contribution in [0.3, 0.4) is 0 Å². The molecule has 2 aromatic carbocycles. The molecule has 1 saturated heterocycles. The summed E-state index contributed by atoms with van der Waals surface area (Å²) in [5.41, 5.74) is -0.404. The monoisotopic (exact) mass is 487 g/mol. The van der Waals surface area contributed by atoms with Crippen molar-refractivity contribution >= 4 is 26.0 Å². The molecule has 0 unspecified atom stereocenters. The predicted octanol–water partition coefficient (Wildman–Crippen LogP) is 1.80. The Balaban J connectivity index is 1.80. The summed E-state index contributed by atoms with van der Waals surface area (Å²) in [5, 5.41) is 0. The fourth-order valence-corrected chi connectivity index (χ4v) is 5.91. The van der Waals surface area contributed by atoms with Crippen molar-refractivity contribution in [2.24, 2.45) is 0 Å². The molecule has 0 saturated carbocycles. The lowest BCUT2D eigenvalue weighted by Crippen LogP contribution is -2.37. The third-order valence-electron chi connectivity index (χ3n) is 5.01. The smallest absolute Gasteiger partial charge is 0.256 e. The summed E-state index contributed by atoms with van der Waals surface area (Å²) < 4.78 is 81.1. The Labute approximate surface area is 185 Å². The average molecular weight is 488 g/mol. The molecule has 3 rings (SSSR count). The van der Waals surface area contributed by atoms with Gasteiger partial charge in [0.1, 0.15) is 11.6 Å². The van der Waals surface area contributed by atoms with Gasteiger partial charge in [0.05, 0.1) is 15.4 Å². The predicted molar refractivity (Wildman–Crippen MR) is 113 cm³/mol. The number of hydrogen-bond donors (Lipinski definition) is 1. The minimum Gasteiger partial charge on any atom is -0.337 e. The van der Waals surface area contributed by atoms with E-state index in [2.05, 4.69) is 4.72 Å². The highest BCUT2D eigenvalue weighted by Gasteiger charge is 2.30. The highest BCUT2D eigenvalue weighted by molar-refractivity contribution is 7.89. The van der Waals surface area contributed by atoms with Crippen LogP contribution in [-0.2, 0) is 20.0 Å². The Bertz CT molecular complexity index is 1200. The molecule has 1 aliphatic rings. The fraction of sp³-hybridized carbons (Fsp3) is 0.350. The second kappa shape index (κ2) is 9.61. The zero-order valence-corrected chi connectivity index (χ0v) is 18.9. The van der Waals surface area contributed by atoms with Gasteiger partial charge >= 0.3 is 0 Å². The van der Waals surface area contributed by atoms with Crippen molar-refractivity contribution in [2.75, 3.05) is 32.7 Å². The van der Waals surface area contributed by atoms with E-state index in [4.69, 9.17) is 0 Å². The lowest BCUT2D eigenvalue weighted by Gasteiger charge is -2.22. The maximum atomic E-state index is 14.4. The van der Waals surface area contributed by atoms with Crippen LogP contribution in [-0.4, -0.2) is 64.7 Å². The molecule has 1 heterocycles. The third-order valence-corrected chi connectivity index (χ3v) is 8.46. The summed E-state index contributed by atoms with van der Waals surface area (Å²) >= 11 is 0. The van der Waals surface area contributed by atoms with Gasteiger partial charge in [-0.1, -0.05) is 6.92 Å². The molecule has 32 heavy (non-hydrogen) atoms. The van der Waals surface area contributed by atoms with Crippen LogP contribution in [0.15, 0.2) is 52.3 Å². The average Bonchev–Trinajstić information content (AvgIpc) is 3.00. The van der Waals surface area contributed by atoms with E-state index >= 15 is 0 Å². The van der Waals surface area contributed by atoms with Gasteiger partial charge in [0, 0.05) is 32.7 Å². The van der Waals surface area contributed by atoms with E-state index in [0.717, 1.165) is 30.3 Å².